The highest BCUT2D eigenvalue weighted by atomic mass is 32.1. The summed E-state index contributed by atoms with van der Waals surface area (Å²) in [5, 5.41) is 17.3. The summed E-state index contributed by atoms with van der Waals surface area (Å²) < 4.78 is 4.84. The van der Waals surface area contributed by atoms with Gasteiger partial charge in [0.15, 0.2) is 0 Å². The van der Waals surface area contributed by atoms with Crippen molar-refractivity contribution in [1.29, 1.82) is 0 Å². The summed E-state index contributed by atoms with van der Waals surface area (Å²) in [6, 6.07) is -1.55. The Balaban J connectivity index is 1.22. The van der Waals surface area contributed by atoms with Crippen molar-refractivity contribution in [3.8, 4) is 0 Å². The van der Waals surface area contributed by atoms with Gasteiger partial charge < -0.3 is 66.6 Å². The van der Waals surface area contributed by atoms with E-state index in [1.165, 1.54) is 41.5 Å². The number of carbonyl (C=O) groups is 13. The van der Waals surface area contributed by atoms with Crippen LogP contribution in [0.1, 0.15) is 33.4 Å². The van der Waals surface area contributed by atoms with Crippen molar-refractivity contribution in [2.75, 3.05) is 124 Å². The van der Waals surface area contributed by atoms with Gasteiger partial charge in [-0.05, 0) is 41.5 Å². The maximum absolute atomic E-state index is 14.2. The summed E-state index contributed by atoms with van der Waals surface area (Å²) in [4.78, 5) is 351. The zero-order valence-corrected chi connectivity index (χ0v) is 66.6. The lowest BCUT2D eigenvalue weighted by atomic mass is 10.3. The fraction of sp³-hybridized carbons (Fsp3) is 0.464. The molecule has 13 amide bonds. The fourth-order valence-electron chi connectivity index (χ4n) is 11.5. The van der Waals surface area contributed by atoms with Gasteiger partial charge in [-0.3, -0.25) is 148 Å². The third-order valence-electron chi connectivity index (χ3n) is 18.1. The molecule has 51 heteroatoms. The van der Waals surface area contributed by atoms with E-state index in [9.17, 15) is 120 Å². The number of hydrogen-bond acceptors (Lipinski definition) is 26. The van der Waals surface area contributed by atoms with E-state index in [1.807, 2.05) is 29.9 Å². The first kappa shape index (κ1) is 92.7. The summed E-state index contributed by atoms with van der Waals surface area (Å²) in [7, 11) is 0. The summed E-state index contributed by atoms with van der Waals surface area (Å²) in [5.74, 6) is -13.2. The average molecular weight is 1700 g/mol. The molecule has 1 aliphatic heterocycles. The first-order valence-electron chi connectivity index (χ1n) is 36.7. The molecule has 7 heterocycles. The summed E-state index contributed by atoms with van der Waals surface area (Å²) in [5.41, 5.74) is -11.0. The van der Waals surface area contributed by atoms with E-state index in [2.05, 4.69) is 49.8 Å². The minimum absolute atomic E-state index is 0.00239. The second-order valence-electron chi connectivity index (χ2n) is 27.4. The molecule has 6 aromatic rings. The van der Waals surface area contributed by atoms with Gasteiger partial charge >= 0.3 is 34.1 Å². The molecule has 6 aromatic heterocycles. The van der Waals surface area contributed by atoms with Crippen LogP contribution in [0.5, 0.6) is 0 Å². The highest BCUT2D eigenvalue weighted by molar-refractivity contribution is 7.80. The van der Waals surface area contributed by atoms with Crippen molar-refractivity contribution in [3.05, 3.63) is 196 Å². The number of rotatable bonds is 13. The lowest BCUT2D eigenvalue weighted by molar-refractivity contribution is -0.138. The van der Waals surface area contributed by atoms with Gasteiger partial charge in [0.25, 0.3) is 33.4 Å². The maximum atomic E-state index is 14.2. The van der Waals surface area contributed by atoms with E-state index in [1.54, 1.807) is 0 Å². The molecular formula is C69H89N25O25S. The molecule has 0 spiro atoms. The predicted molar refractivity (Wildman–Crippen MR) is 420 cm³/mol. The molecule has 0 radical (unpaired) electrons. The largest absolute Gasteiger partial charge is 0.353 e. The van der Waals surface area contributed by atoms with Crippen LogP contribution in [0.4, 0.5) is 0 Å². The number of amides is 13. The monoisotopic (exact) mass is 1700 g/mol. The first-order chi connectivity index (χ1) is 56.7. The Kier molecular flexibility index (Phi) is 33.2. The van der Waals surface area contributed by atoms with Gasteiger partial charge in [-0.1, -0.05) is 0 Å². The molecule has 0 unspecified atom stereocenters. The van der Waals surface area contributed by atoms with Gasteiger partial charge in [0.05, 0.1) is 39.3 Å². The molecule has 1 saturated heterocycles. The Hall–Kier alpha value is -14.5. The van der Waals surface area contributed by atoms with Gasteiger partial charge in [-0.2, -0.15) is 12.6 Å². The quantitative estimate of drug-likeness (QED) is 0.0478. The Bertz CT molecular complexity index is 5740. The van der Waals surface area contributed by atoms with Crippen LogP contribution in [0.3, 0.4) is 0 Å². The van der Waals surface area contributed by atoms with Gasteiger partial charge in [-0.15, -0.1) is 0 Å². The van der Waals surface area contributed by atoms with Crippen molar-refractivity contribution < 1.29 is 62.3 Å². The number of nitrogens with zero attached hydrogens (tertiary/aromatic N) is 12. The van der Waals surface area contributed by atoms with Crippen LogP contribution in [-0.2, 0) is 102 Å². The Morgan fingerprint density at radius 3 is 0.617 bits per heavy atom. The third-order valence-corrected chi connectivity index (χ3v) is 18.5. The van der Waals surface area contributed by atoms with E-state index >= 15 is 0 Å². The first-order valence-corrected chi connectivity index (χ1v) is 37.3. The molecule has 646 valence electrons. The number of aromatic amines is 6. The third kappa shape index (κ3) is 27.3. The summed E-state index contributed by atoms with van der Waals surface area (Å²) in [6.07, 6.45) is 6.32. The van der Waals surface area contributed by atoms with Crippen molar-refractivity contribution >= 4 is 89.4 Å². The number of thiol groups is 1. The highest BCUT2D eigenvalue weighted by Crippen LogP contribution is 2.04. The summed E-state index contributed by atoms with van der Waals surface area (Å²) in [6.45, 7) is -8.83. The molecule has 1 atom stereocenters. The second kappa shape index (κ2) is 42.9. The van der Waals surface area contributed by atoms with Crippen molar-refractivity contribution in [1.82, 2.24) is 124 Å². The maximum Gasteiger partial charge on any atom is 0.328 e. The molecule has 1 fully saturated rings. The number of hydrogen-bond donors (Lipinski definition) is 14. The molecule has 50 nitrogen and oxygen atoms in total. The van der Waals surface area contributed by atoms with Gasteiger partial charge in [-0.25, -0.2) is 28.8 Å². The van der Waals surface area contributed by atoms with E-state index in [4.69, 9.17) is 0 Å². The number of H-pyrrole nitrogens is 6. The number of aryl methyl sites for hydroxylation is 6. The second-order valence-corrected chi connectivity index (χ2v) is 27.8. The molecule has 1 aliphatic rings. The van der Waals surface area contributed by atoms with Crippen LogP contribution in [0.2, 0.25) is 0 Å². The lowest BCUT2D eigenvalue weighted by Gasteiger charge is -2.26. The van der Waals surface area contributed by atoms with Crippen molar-refractivity contribution in [2.45, 2.75) is 86.9 Å². The smallest absolute Gasteiger partial charge is 0.328 e. The van der Waals surface area contributed by atoms with Crippen LogP contribution >= 0.6 is 12.6 Å². The minimum atomic E-state index is -1.55. The molecule has 120 heavy (non-hydrogen) atoms. The molecule has 0 saturated carbocycles. The fourth-order valence-corrected chi connectivity index (χ4v) is 11.7. The van der Waals surface area contributed by atoms with E-state index < -0.39 is 313 Å². The van der Waals surface area contributed by atoms with Crippen LogP contribution < -0.4 is 105 Å². The SMILES string of the molecule is Cc1cn(CC(=O)N2CCNC(=O)CN(C(=O)Cn3cc(C)c(=O)[nH]c3=O)CCNC(=O)CN(C(=O)Cn3cc(C)c(=O)[nH]c3=O)CCNC(=O)[C@H](CS)NC(=O)CN(C(=O)Cn3cc(C)c(=O)[nH]c3=O)CCNC(=O)CN(C(=O)Cn3cc(C)c(=O)[nH]c3=O)CCNC(=O)CN(C(=O)Cn3cc(C)c(=O)[nH]c3=O)CCNC(=O)C2)c(=O)[nH]c1=O. The predicted octanol–water partition coefficient (Wildman–Crippen LogP) is -13.8. The van der Waals surface area contributed by atoms with Crippen molar-refractivity contribution in [2.24, 2.45) is 0 Å². The van der Waals surface area contributed by atoms with Crippen LogP contribution in [0, 0.1) is 41.5 Å². The molecule has 7 rings (SSSR count). The Labute approximate surface area is 679 Å². The molecule has 0 aliphatic carbocycles. The number of carbonyl (C=O) groups excluding carboxylic acids is 13. The van der Waals surface area contributed by atoms with Crippen LogP contribution in [0.15, 0.2) is 94.7 Å². The topological polar surface area (TPSA) is 655 Å². The molecular weight excluding hydrogens is 1610 g/mol. The number of aromatic nitrogens is 12. The van der Waals surface area contributed by atoms with E-state index in [0.29, 0.717) is 0 Å². The minimum Gasteiger partial charge on any atom is -0.353 e. The van der Waals surface area contributed by atoms with Gasteiger partial charge in [0.1, 0.15) is 45.3 Å². The van der Waals surface area contributed by atoms with Crippen LogP contribution in [-0.4, -0.2) is 293 Å². The standard InChI is InChI=1S/C69H89N25O25S/c1-38-19-89(64(114)77-57(38)107)31-51(101)83-14-8-71-47(97)27-85(53(103)33-91-21-40(3)59(109)79-66(91)116)16-10-73-49(99)29-87(55(105)35-93-23-42(5)61(111)81-68(93)118)18-12-75-63(113)44(37-120)76-50(100)30-88(56(106)36-94-24-43(6)62(112)82-69(94)119)17-11-74-48(98)28-86(54(104)34-92-22-41(4)60(110)80-67(92)117)15-9-72-46(96)26-84(13-7-70-45(95)25-83)52(102)32-90-20-39(2)58(108)78-65(90)115/h19-24,44,120H,7-18,25-37H2,1-6H3,(H,70,95)(H,71,97)(H,72,96)(H,73,99)(H,74,98)(H,75,113)(H,76,100)(H,77,107,114)(H,78,108,115)(H,79,109,116)(H,80,110,117)(H,81,111,118)(H,82,112,119)/t44-/m0/s1. The zero-order chi connectivity index (χ0) is 88.5. The van der Waals surface area contributed by atoms with Gasteiger partial charge in [0.2, 0.25) is 76.8 Å². The Morgan fingerprint density at radius 1 is 0.275 bits per heavy atom. The average Bonchev–Trinajstić information content (AvgIpc) is 0.861. The Morgan fingerprint density at radius 2 is 0.442 bits per heavy atom. The van der Waals surface area contributed by atoms with E-state index in [-0.39, 0.29) is 33.4 Å². The normalized spacial score (nSPS) is 15.9. The van der Waals surface area contributed by atoms with Gasteiger partial charge in [0, 0.05) is 155 Å². The number of nitrogens with one attached hydrogen (secondary N) is 13. The van der Waals surface area contributed by atoms with E-state index in [0.717, 1.165) is 94.0 Å². The summed E-state index contributed by atoms with van der Waals surface area (Å²) >= 11 is 4.22. The molecule has 0 aromatic carbocycles. The molecule has 13 N–H and O–H groups in total. The lowest BCUT2D eigenvalue weighted by Crippen LogP contribution is -2.53. The van der Waals surface area contributed by atoms with Crippen LogP contribution in [0.25, 0.3) is 0 Å². The highest BCUT2D eigenvalue weighted by Gasteiger charge is 2.29. The molecule has 0 bridgehead atoms. The van der Waals surface area contributed by atoms with Crippen molar-refractivity contribution in [3.63, 3.8) is 0 Å². The zero-order valence-electron chi connectivity index (χ0n) is 65.7.